The molecular formula is C16H15N5O. The second kappa shape index (κ2) is 5.33. The van der Waals surface area contributed by atoms with Gasteiger partial charge in [-0.3, -0.25) is 4.79 Å². The average Bonchev–Trinajstić information content (AvgIpc) is 2.84. The highest BCUT2D eigenvalue weighted by Crippen LogP contribution is 2.23. The molecule has 0 bridgehead atoms. The number of aryl methyl sites for hydroxylation is 1. The summed E-state index contributed by atoms with van der Waals surface area (Å²) in [5, 5.41) is 0. The first-order valence-corrected chi connectivity index (χ1v) is 6.72. The lowest BCUT2D eigenvalue weighted by atomic mass is 10.1. The van der Waals surface area contributed by atoms with Gasteiger partial charge in [0.15, 0.2) is 5.96 Å². The zero-order valence-corrected chi connectivity index (χ0v) is 12.0. The van der Waals surface area contributed by atoms with E-state index >= 15 is 0 Å². The number of amides is 1. The minimum absolute atomic E-state index is 0.246. The Kier molecular flexibility index (Phi) is 3.34. The third-order valence-corrected chi connectivity index (χ3v) is 3.41. The zero-order chi connectivity index (χ0) is 15.7. The minimum Gasteiger partial charge on any atom is -0.370 e. The van der Waals surface area contributed by atoms with E-state index in [9.17, 15) is 4.79 Å². The van der Waals surface area contributed by atoms with Gasteiger partial charge >= 0.3 is 0 Å². The van der Waals surface area contributed by atoms with Crippen LogP contribution in [-0.4, -0.2) is 21.4 Å². The molecule has 0 spiro atoms. The topological polar surface area (TPSA) is 99.3 Å². The molecule has 0 unspecified atom stereocenters. The molecule has 2 aromatic carbocycles. The van der Waals surface area contributed by atoms with E-state index in [2.05, 4.69) is 9.98 Å². The molecule has 0 aliphatic rings. The molecule has 4 N–H and O–H groups in total. The molecule has 6 heteroatoms. The molecule has 0 aliphatic carbocycles. The van der Waals surface area contributed by atoms with Crippen LogP contribution < -0.4 is 11.5 Å². The molecule has 0 saturated heterocycles. The smallest absolute Gasteiger partial charge is 0.280 e. The number of hydrogen-bond donors (Lipinski definition) is 2. The number of carbonyl (C=O) groups is 1. The van der Waals surface area contributed by atoms with Crippen LogP contribution in [0.1, 0.15) is 10.4 Å². The van der Waals surface area contributed by atoms with Gasteiger partial charge in [0.05, 0.1) is 11.0 Å². The Morgan fingerprint density at radius 3 is 2.41 bits per heavy atom. The maximum Gasteiger partial charge on any atom is 0.280 e. The fourth-order valence-corrected chi connectivity index (χ4v) is 2.35. The Labute approximate surface area is 127 Å². The van der Waals surface area contributed by atoms with E-state index in [-0.39, 0.29) is 5.96 Å². The highest BCUT2D eigenvalue weighted by molar-refractivity contribution is 6.02. The Morgan fingerprint density at radius 2 is 1.77 bits per heavy atom. The summed E-state index contributed by atoms with van der Waals surface area (Å²) in [5.74, 6) is 0.128. The number of fused-ring (bicyclic) bond motifs is 1. The highest BCUT2D eigenvalue weighted by Gasteiger charge is 2.10. The van der Waals surface area contributed by atoms with Gasteiger partial charge in [-0.25, -0.2) is 4.98 Å². The van der Waals surface area contributed by atoms with E-state index in [1.807, 2.05) is 48.0 Å². The summed E-state index contributed by atoms with van der Waals surface area (Å²) in [6, 6.07) is 14.9. The standard InChI is InChI=1S/C16H15N5O/c1-21-13-5-3-2-4-12(13)19-14(21)10-6-8-11(9-7-10)15(22)20-16(17)18/h2-9H,1H3,(H4,17,18,20,22). The number of rotatable bonds is 2. The number of imidazole rings is 1. The van der Waals surface area contributed by atoms with Gasteiger partial charge in [0.2, 0.25) is 0 Å². The summed E-state index contributed by atoms with van der Waals surface area (Å²) in [6.45, 7) is 0. The number of nitrogens with two attached hydrogens (primary N) is 2. The summed E-state index contributed by atoms with van der Waals surface area (Å²) in [6.07, 6.45) is 0. The number of carbonyl (C=O) groups excluding carboxylic acids is 1. The quantitative estimate of drug-likeness (QED) is 0.554. The van der Waals surface area contributed by atoms with Crippen LogP contribution in [0.5, 0.6) is 0 Å². The van der Waals surface area contributed by atoms with E-state index in [0.29, 0.717) is 5.56 Å². The van der Waals surface area contributed by atoms with Crippen molar-refractivity contribution in [2.24, 2.45) is 23.5 Å². The largest absolute Gasteiger partial charge is 0.370 e. The first kappa shape index (κ1) is 13.8. The summed E-state index contributed by atoms with van der Waals surface area (Å²) in [4.78, 5) is 19.9. The molecule has 3 aromatic rings. The Hall–Kier alpha value is -3.15. The van der Waals surface area contributed by atoms with E-state index < -0.39 is 5.91 Å². The van der Waals surface area contributed by atoms with Crippen LogP contribution >= 0.6 is 0 Å². The maximum absolute atomic E-state index is 11.7. The number of hydrogen-bond acceptors (Lipinski definition) is 2. The van der Waals surface area contributed by atoms with Crippen molar-refractivity contribution in [1.82, 2.24) is 9.55 Å². The van der Waals surface area contributed by atoms with Crippen LogP contribution in [0, 0.1) is 0 Å². The van der Waals surface area contributed by atoms with Gasteiger partial charge in [0.25, 0.3) is 5.91 Å². The lowest BCUT2D eigenvalue weighted by Gasteiger charge is -2.03. The first-order valence-electron chi connectivity index (χ1n) is 6.72. The maximum atomic E-state index is 11.7. The van der Waals surface area contributed by atoms with Gasteiger partial charge < -0.3 is 16.0 Å². The second-order valence-electron chi connectivity index (χ2n) is 4.90. The van der Waals surface area contributed by atoms with E-state index in [0.717, 1.165) is 22.4 Å². The van der Waals surface area contributed by atoms with Crippen molar-refractivity contribution in [3.63, 3.8) is 0 Å². The third kappa shape index (κ3) is 2.42. The van der Waals surface area contributed by atoms with Crippen molar-refractivity contribution in [3.05, 3.63) is 54.1 Å². The molecule has 0 atom stereocenters. The zero-order valence-electron chi connectivity index (χ0n) is 12.0. The van der Waals surface area contributed by atoms with Gasteiger partial charge in [-0.2, -0.15) is 4.99 Å². The fourth-order valence-electron chi connectivity index (χ4n) is 2.35. The van der Waals surface area contributed by atoms with Crippen molar-refractivity contribution in [2.75, 3.05) is 0 Å². The summed E-state index contributed by atoms with van der Waals surface area (Å²) < 4.78 is 2.02. The Morgan fingerprint density at radius 1 is 1.09 bits per heavy atom. The number of aromatic nitrogens is 2. The molecule has 0 radical (unpaired) electrons. The van der Waals surface area contributed by atoms with E-state index in [1.54, 1.807) is 12.1 Å². The lowest BCUT2D eigenvalue weighted by Crippen LogP contribution is -2.24. The molecule has 1 aromatic heterocycles. The van der Waals surface area contributed by atoms with Gasteiger partial charge in [-0.05, 0) is 24.3 Å². The van der Waals surface area contributed by atoms with Crippen LogP contribution in [0.15, 0.2) is 53.5 Å². The lowest BCUT2D eigenvalue weighted by molar-refractivity contribution is 0.100. The van der Waals surface area contributed by atoms with E-state index in [4.69, 9.17) is 11.5 Å². The average molecular weight is 293 g/mol. The van der Waals surface area contributed by atoms with Crippen LogP contribution in [0.25, 0.3) is 22.4 Å². The predicted molar refractivity (Wildman–Crippen MR) is 86.3 cm³/mol. The molecular weight excluding hydrogens is 278 g/mol. The van der Waals surface area contributed by atoms with Crippen LogP contribution in [0.4, 0.5) is 0 Å². The molecule has 1 amide bonds. The SMILES string of the molecule is Cn1c(-c2ccc(C(=O)N=C(N)N)cc2)nc2ccccc21. The van der Waals surface area contributed by atoms with Crippen molar-refractivity contribution < 1.29 is 4.79 Å². The molecule has 0 saturated carbocycles. The monoisotopic (exact) mass is 293 g/mol. The molecule has 22 heavy (non-hydrogen) atoms. The molecule has 1 heterocycles. The first-order chi connectivity index (χ1) is 10.6. The number of benzene rings is 2. The second-order valence-corrected chi connectivity index (χ2v) is 4.90. The van der Waals surface area contributed by atoms with Gasteiger partial charge in [0, 0.05) is 18.2 Å². The number of aliphatic imine (C=N–C) groups is 1. The van der Waals surface area contributed by atoms with Crippen molar-refractivity contribution in [2.45, 2.75) is 0 Å². The van der Waals surface area contributed by atoms with Crippen LogP contribution in [-0.2, 0) is 7.05 Å². The number of nitrogens with zero attached hydrogens (tertiary/aromatic N) is 3. The van der Waals surface area contributed by atoms with Gasteiger partial charge in [-0.1, -0.05) is 24.3 Å². The summed E-state index contributed by atoms with van der Waals surface area (Å²) in [5.41, 5.74) is 13.7. The third-order valence-electron chi connectivity index (χ3n) is 3.41. The molecule has 0 fully saturated rings. The van der Waals surface area contributed by atoms with Crippen molar-refractivity contribution in [1.29, 1.82) is 0 Å². The normalized spacial score (nSPS) is 10.6. The molecule has 110 valence electrons. The molecule has 0 aliphatic heterocycles. The fraction of sp³-hybridized carbons (Fsp3) is 0.0625. The summed E-state index contributed by atoms with van der Waals surface area (Å²) >= 11 is 0. The van der Waals surface area contributed by atoms with Crippen LogP contribution in [0.2, 0.25) is 0 Å². The molecule has 3 rings (SSSR count). The van der Waals surface area contributed by atoms with Crippen LogP contribution in [0.3, 0.4) is 0 Å². The molecule has 6 nitrogen and oxygen atoms in total. The Bertz CT molecular complexity index is 873. The Balaban J connectivity index is 2.00. The van der Waals surface area contributed by atoms with Crippen molar-refractivity contribution in [3.8, 4) is 11.4 Å². The summed E-state index contributed by atoms with van der Waals surface area (Å²) in [7, 11) is 1.96. The number of guanidine groups is 1. The number of para-hydroxylation sites is 2. The minimum atomic E-state index is -0.462. The van der Waals surface area contributed by atoms with E-state index in [1.165, 1.54) is 0 Å². The van der Waals surface area contributed by atoms with Gasteiger partial charge in [0.1, 0.15) is 5.82 Å². The van der Waals surface area contributed by atoms with Gasteiger partial charge in [-0.15, -0.1) is 0 Å². The van der Waals surface area contributed by atoms with Crippen molar-refractivity contribution >= 4 is 22.9 Å². The highest BCUT2D eigenvalue weighted by atomic mass is 16.1. The predicted octanol–water partition coefficient (Wildman–Crippen LogP) is 1.65.